The molecule has 1 atom stereocenters. The Labute approximate surface area is 151 Å². The first-order valence-corrected chi connectivity index (χ1v) is 9.61. The van der Waals surface area contributed by atoms with Gasteiger partial charge in [0, 0.05) is 20.5 Å². The highest BCUT2D eigenvalue weighted by molar-refractivity contribution is 7.18. The van der Waals surface area contributed by atoms with Gasteiger partial charge in [0.15, 0.2) is 5.43 Å². The summed E-state index contributed by atoms with van der Waals surface area (Å²) in [4.78, 5) is 14.2. The van der Waals surface area contributed by atoms with Gasteiger partial charge in [-0.3, -0.25) is 4.79 Å². The number of nitriles is 1. The normalized spacial score (nSPS) is 16.4. The Morgan fingerprint density at radius 3 is 2.88 bits per heavy atom. The molecule has 0 bridgehead atoms. The van der Waals surface area contributed by atoms with Crippen LogP contribution >= 0.6 is 11.3 Å². The van der Waals surface area contributed by atoms with Crippen molar-refractivity contribution < 1.29 is 0 Å². The van der Waals surface area contributed by atoms with Crippen LogP contribution in [0.4, 0.5) is 0 Å². The van der Waals surface area contributed by atoms with Crippen molar-refractivity contribution in [2.24, 2.45) is 5.92 Å². The Balaban J connectivity index is 1.89. The molecule has 3 heteroatoms. The third-order valence-electron chi connectivity index (χ3n) is 5.28. The topological polar surface area (TPSA) is 40.9 Å². The summed E-state index contributed by atoms with van der Waals surface area (Å²) in [5, 5.41) is 10.2. The Hall–Kier alpha value is -2.44. The summed E-state index contributed by atoms with van der Waals surface area (Å²) in [6.07, 6.45) is 4.25. The van der Waals surface area contributed by atoms with Gasteiger partial charge in [-0.25, -0.2) is 0 Å². The molecule has 0 N–H and O–H groups in total. The van der Waals surface area contributed by atoms with Crippen molar-refractivity contribution in [1.82, 2.24) is 0 Å². The highest BCUT2D eigenvalue weighted by atomic mass is 32.1. The van der Waals surface area contributed by atoms with Crippen LogP contribution in [0.3, 0.4) is 0 Å². The van der Waals surface area contributed by atoms with E-state index in [2.05, 4.69) is 19.1 Å². The maximum absolute atomic E-state index is 12.9. The Morgan fingerprint density at radius 2 is 2.08 bits per heavy atom. The zero-order valence-corrected chi connectivity index (χ0v) is 15.0. The lowest BCUT2D eigenvalue weighted by Crippen LogP contribution is -2.20. The Bertz CT molecular complexity index is 1060. The smallest absolute Gasteiger partial charge is 0.191 e. The van der Waals surface area contributed by atoms with Crippen molar-refractivity contribution >= 4 is 21.4 Å². The molecule has 124 valence electrons. The summed E-state index contributed by atoms with van der Waals surface area (Å²) in [5.41, 5.74) is 3.84. The molecule has 2 aromatic carbocycles. The van der Waals surface area contributed by atoms with Crippen LogP contribution in [0.5, 0.6) is 0 Å². The first-order chi connectivity index (χ1) is 12.2. The van der Waals surface area contributed by atoms with Crippen LogP contribution in [0.2, 0.25) is 0 Å². The van der Waals surface area contributed by atoms with Crippen LogP contribution in [0.15, 0.2) is 47.3 Å². The molecule has 0 saturated heterocycles. The molecule has 0 fully saturated rings. The number of hydrogen-bond donors (Lipinski definition) is 0. The van der Waals surface area contributed by atoms with Gasteiger partial charge in [-0.15, -0.1) is 11.3 Å². The van der Waals surface area contributed by atoms with Crippen LogP contribution in [0.1, 0.15) is 35.8 Å². The van der Waals surface area contributed by atoms with E-state index in [0.717, 1.165) is 46.0 Å². The number of rotatable bonds is 2. The van der Waals surface area contributed by atoms with E-state index in [1.54, 1.807) is 11.3 Å². The molecule has 25 heavy (non-hydrogen) atoms. The molecule has 0 amide bonds. The molecule has 0 spiro atoms. The summed E-state index contributed by atoms with van der Waals surface area (Å²) in [6, 6.07) is 15.9. The van der Waals surface area contributed by atoms with Gasteiger partial charge in [0.25, 0.3) is 0 Å². The fourth-order valence-corrected chi connectivity index (χ4v) is 5.12. The van der Waals surface area contributed by atoms with E-state index in [0.29, 0.717) is 11.5 Å². The molecule has 0 aliphatic heterocycles. The van der Waals surface area contributed by atoms with Crippen LogP contribution in [-0.2, 0) is 12.8 Å². The fourth-order valence-electron chi connectivity index (χ4n) is 3.76. The van der Waals surface area contributed by atoms with Gasteiger partial charge in [0.1, 0.15) is 0 Å². The summed E-state index contributed by atoms with van der Waals surface area (Å²) < 4.78 is 1.03. The van der Waals surface area contributed by atoms with E-state index in [1.165, 1.54) is 11.3 Å². The van der Waals surface area contributed by atoms with Crippen LogP contribution in [-0.4, -0.2) is 0 Å². The molecule has 1 aromatic heterocycles. The average Bonchev–Trinajstić information content (AvgIpc) is 2.67. The van der Waals surface area contributed by atoms with Crippen molar-refractivity contribution in [1.29, 1.82) is 5.26 Å². The maximum Gasteiger partial charge on any atom is 0.191 e. The third-order valence-corrected chi connectivity index (χ3v) is 6.50. The molecule has 1 aliphatic rings. The molecular weight excluding hydrogens is 326 g/mol. The van der Waals surface area contributed by atoms with E-state index >= 15 is 0 Å². The predicted molar refractivity (Wildman–Crippen MR) is 104 cm³/mol. The van der Waals surface area contributed by atoms with Gasteiger partial charge in [0.2, 0.25) is 0 Å². The molecule has 0 radical (unpaired) electrons. The third kappa shape index (κ3) is 2.77. The summed E-state index contributed by atoms with van der Waals surface area (Å²) in [5.74, 6) is 0.697. The SMILES string of the molecule is CCC1CCc2c(sc3cc(-c4ccccc4C#N)ccc3c2=O)C1. The van der Waals surface area contributed by atoms with E-state index in [1.807, 2.05) is 36.4 Å². The van der Waals surface area contributed by atoms with Crippen LogP contribution < -0.4 is 5.43 Å². The second-order valence-corrected chi connectivity index (χ2v) is 7.86. The Kier molecular flexibility index (Phi) is 4.15. The summed E-state index contributed by atoms with van der Waals surface area (Å²) >= 11 is 1.76. The molecule has 1 heterocycles. The summed E-state index contributed by atoms with van der Waals surface area (Å²) in [7, 11) is 0. The first-order valence-electron chi connectivity index (χ1n) is 8.79. The highest BCUT2D eigenvalue weighted by Crippen LogP contribution is 2.34. The number of benzene rings is 2. The van der Waals surface area contributed by atoms with Gasteiger partial charge in [-0.05, 0) is 54.5 Å². The van der Waals surface area contributed by atoms with Crippen molar-refractivity contribution in [2.45, 2.75) is 32.6 Å². The molecule has 0 saturated carbocycles. The van der Waals surface area contributed by atoms with Crippen molar-refractivity contribution in [3.63, 3.8) is 0 Å². The first kappa shape index (κ1) is 16.1. The zero-order valence-electron chi connectivity index (χ0n) is 14.2. The minimum absolute atomic E-state index is 0.207. The number of fused-ring (bicyclic) bond motifs is 2. The van der Waals surface area contributed by atoms with Crippen LogP contribution in [0.25, 0.3) is 21.2 Å². The Morgan fingerprint density at radius 1 is 1.24 bits per heavy atom. The minimum atomic E-state index is 0.207. The lowest BCUT2D eigenvalue weighted by atomic mass is 9.86. The average molecular weight is 345 g/mol. The zero-order chi connectivity index (χ0) is 17.4. The molecular formula is C22H19NOS. The largest absolute Gasteiger partial charge is 0.289 e. The monoisotopic (exact) mass is 345 g/mol. The second-order valence-electron chi connectivity index (χ2n) is 6.72. The maximum atomic E-state index is 12.9. The molecule has 4 rings (SSSR count). The minimum Gasteiger partial charge on any atom is -0.289 e. The standard InChI is InChI=1S/C22H19NOS/c1-2-14-7-9-18-20(11-14)25-21-12-15(8-10-19(21)22(18)24)17-6-4-3-5-16(17)13-23/h3-6,8,10,12,14H,2,7,9,11H2,1H3. The van der Waals surface area contributed by atoms with Gasteiger partial charge in [0.05, 0.1) is 11.6 Å². The van der Waals surface area contributed by atoms with E-state index in [9.17, 15) is 10.1 Å². The van der Waals surface area contributed by atoms with E-state index < -0.39 is 0 Å². The van der Waals surface area contributed by atoms with Gasteiger partial charge in [-0.2, -0.15) is 5.26 Å². The highest BCUT2D eigenvalue weighted by Gasteiger charge is 2.22. The van der Waals surface area contributed by atoms with Gasteiger partial charge >= 0.3 is 0 Å². The van der Waals surface area contributed by atoms with Crippen molar-refractivity contribution in [2.75, 3.05) is 0 Å². The molecule has 3 aromatic rings. The lowest BCUT2D eigenvalue weighted by Gasteiger charge is -2.22. The van der Waals surface area contributed by atoms with Crippen molar-refractivity contribution in [3.05, 3.63) is 68.7 Å². The van der Waals surface area contributed by atoms with Crippen molar-refractivity contribution in [3.8, 4) is 17.2 Å². The van der Waals surface area contributed by atoms with E-state index in [4.69, 9.17) is 0 Å². The lowest BCUT2D eigenvalue weighted by molar-refractivity contribution is 0.448. The number of hydrogen-bond acceptors (Lipinski definition) is 3. The van der Waals surface area contributed by atoms with Gasteiger partial charge < -0.3 is 0 Å². The predicted octanol–water partition coefficient (Wildman–Crippen LogP) is 5.32. The van der Waals surface area contributed by atoms with Crippen LogP contribution in [0, 0.1) is 17.2 Å². The van der Waals surface area contributed by atoms with E-state index in [-0.39, 0.29) is 5.43 Å². The molecule has 1 unspecified atom stereocenters. The second kappa shape index (κ2) is 6.46. The quantitative estimate of drug-likeness (QED) is 0.631. The number of nitrogens with zero attached hydrogens (tertiary/aromatic N) is 1. The molecule has 1 aliphatic carbocycles. The molecule has 2 nitrogen and oxygen atoms in total. The fraction of sp³-hybridized carbons (Fsp3) is 0.273. The van der Waals surface area contributed by atoms with Gasteiger partial charge in [-0.1, -0.05) is 37.6 Å². The summed E-state index contributed by atoms with van der Waals surface area (Å²) in [6.45, 7) is 2.23.